The van der Waals surface area contributed by atoms with Crippen LogP contribution in [-0.2, 0) is 21.4 Å². The number of pyridine rings is 1. The first kappa shape index (κ1) is 24.0. The molecule has 2 aromatic rings. The van der Waals surface area contributed by atoms with Gasteiger partial charge in [-0.3, -0.25) is 4.79 Å². The molecule has 1 aliphatic rings. The molecule has 0 atom stereocenters. The summed E-state index contributed by atoms with van der Waals surface area (Å²) in [5, 5.41) is 1.25. The average molecular weight is 482 g/mol. The van der Waals surface area contributed by atoms with E-state index in [0.717, 1.165) is 31.2 Å². The number of carbonyl (C=O) groups is 1. The van der Waals surface area contributed by atoms with E-state index in [1.54, 1.807) is 37.2 Å². The maximum atomic E-state index is 12.9. The molecule has 0 saturated heterocycles. The quantitative estimate of drug-likeness (QED) is 0.521. The Kier molecular flexibility index (Phi) is 8.38. The Labute approximate surface area is 194 Å². The van der Waals surface area contributed by atoms with E-state index >= 15 is 0 Å². The molecule has 1 fully saturated rings. The van der Waals surface area contributed by atoms with Crippen molar-refractivity contribution in [2.45, 2.75) is 54.6 Å². The lowest BCUT2D eigenvalue weighted by Crippen LogP contribution is -2.38. The predicted octanol–water partition coefficient (Wildman–Crippen LogP) is 4.44. The predicted molar refractivity (Wildman–Crippen MR) is 125 cm³/mol. The lowest BCUT2D eigenvalue weighted by Gasteiger charge is -2.30. The summed E-state index contributed by atoms with van der Waals surface area (Å²) in [4.78, 5) is 18.5. The number of amides is 1. The number of hydrogen-bond donors (Lipinski definition) is 0. The maximum Gasteiger partial charge on any atom is 0.244 e. The molecule has 1 aromatic carbocycles. The van der Waals surface area contributed by atoms with E-state index in [0.29, 0.717) is 16.6 Å². The van der Waals surface area contributed by atoms with E-state index in [4.69, 9.17) is 11.6 Å². The van der Waals surface area contributed by atoms with Crippen LogP contribution >= 0.6 is 23.4 Å². The second-order valence-corrected chi connectivity index (χ2v) is 11.2. The van der Waals surface area contributed by atoms with Crippen molar-refractivity contribution in [2.75, 3.05) is 19.8 Å². The van der Waals surface area contributed by atoms with Gasteiger partial charge in [-0.15, -0.1) is 0 Å². The summed E-state index contributed by atoms with van der Waals surface area (Å²) in [6, 6.07) is 10.7. The van der Waals surface area contributed by atoms with Gasteiger partial charge >= 0.3 is 0 Å². The zero-order valence-corrected chi connectivity index (χ0v) is 20.2. The molecule has 0 spiro atoms. The number of nitrogens with zero attached hydrogens (tertiary/aromatic N) is 3. The number of thioether (sulfide) groups is 1. The molecule has 0 N–H and O–H groups in total. The average Bonchev–Trinajstić information content (AvgIpc) is 2.77. The van der Waals surface area contributed by atoms with Gasteiger partial charge in [-0.05, 0) is 42.7 Å². The fourth-order valence-electron chi connectivity index (χ4n) is 3.66. The lowest BCUT2D eigenvalue weighted by atomic mass is 9.96. The Morgan fingerprint density at radius 1 is 1.16 bits per heavy atom. The third kappa shape index (κ3) is 6.44. The van der Waals surface area contributed by atoms with Gasteiger partial charge < -0.3 is 4.90 Å². The highest BCUT2D eigenvalue weighted by Crippen LogP contribution is 2.27. The molecular weight excluding hydrogens is 454 g/mol. The zero-order chi connectivity index (χ0) is 22.4. The molecule has 168 valence electrons. The topological polar surface area (TPSA) is 70.6 Å². The molecule has 9 heteroatoms. The first-order chi connectivity index (χ1) is 14.8. The number of hydrogen-bond acceptors (Lipinski definition) is 5. The third-order valence-corrected chi connectivity index (χ3v) is 8.61. The molecule has 0 bridgehead atoms. The maximum absolute atomic E-state index is 12.9. The van der Waals surface area contributed by atoms with Crippen molar-refractivity contribution < 1.29 is 13.2 Å². The highest BCUT2D eigenvalue weighted by Gasteiger charge is 2.29. The fraction of sp³-hybridized carbons (Fsp3) is 0.455. The minimum atomic E-state index is -3.56. The fourth-order valence-corrected chi connectivity index (χ4v) is 6.01. The van der Waals surface area contributed by atoms with Crippen molar-refractivity contribution in [1.29, 1.82) is 0 Å². The standard InChI is InChI=1S/C22H28ClN3O3S2/c1-25(15-17-7-6-8-18(23)13-17)22(27)16-30-21-12-11-20(14-24-21)31(28,29)26(2)19-9-4-3-5-10-19/h6-8,11-14,19H,3-5,9-10,15-16H2,1-2H3. The van der Waals surface area contributed by atoms with Crippen molar-refractivity contribution >= 4 is 39.3 Å². The van der Waals surface area contributed by atoms with E-state index in [2.05, 4.69) is 4.98 Å². The Balaban J connectivity index is 1.55. The normalized spacial score (nSPS) is 15.2. The second kappa shape index (κ2) is 10.8. The Bertz CT molecular complexity index is 993. The minimum absolute atomic E-state index is 0.0412. The van der Waals surface area contributed by atoms with E-state index in [1.165, 1.54) is 28.7 Å². The van der Waals surface area contributed by atoms with Gasteiger partial charge in [0.2, 0.25) is 15.9 Å². The molecule has 0 radical (unpaired) electrons. The van der Waals surface area contributed by atoms with E-state index in [-0.39, 0.29) is 22.6 Å². The van der Waals surface area contributed by atoms with Crippen molar-refractivity contribution in [3.63, 3.8) is 0 Å². The van der Waals surface area contributed by atoms with E-state index in [1.807, 2.05) is 18.2 Å². The van der Waals surface area contributed by atoms with Gasteiger partial charge in [0, 0.05) is 37.9 Å². The Morgan fingerprint density at radius 2 is 1.90 bits per heavy atom. The number of carbonyl (C=O) groups excluding carboxylic acids is 1. The third-order valence-electron chi connectivity index (χ3n) is 5.55. The molecule has 1 aliphatic carbocycles. The molecule has 3 rings (SSSR count). The Hall–Kier alpha value is -1.61. The molecule has 1 amide bonds. The van der Waals surface area contributed by atoms with Crippen LogP contribution in [0.2, 0.25) is 5.02 Å². The smallest absolute Gasteiger partial charge is 0.244 e. The van der Waals surface area contributed by atoms with Crippen LogP contribution in [-0.4, -0.2) is 54.4 Å². The van der Waals surface area contributed by atoms with Crippen LogP contribution in [0.15, 0.2) is 52.5 Å². The molecular formula is C22H28ClN3O3S2. The summed E-state index contributed by atoms with van der Waals surface area (Å²) < 4.78 is 27.3. The van der Waals surface area contributed by atoms with E-state index in [9.17, 15) is 13.2 Å². The van der Waals surface area contributed by atoms with Gasteiger partial charge in [-0.1, -0.05) is 54.8 Å². The number of aromatic nitrogens is 1. The molecule has 1 aromatic heterocycles. The molecule has 1 heterocycles. The van der Waals surface area contributed by atoms with Crippen molar-refractivity contribution in [3.8, 4) is 0 Å². The first-order valence-electron chi connectivity index (χ1n) is 10.3. The number of rotatable bonds is 8. The van der Waals surface area contributed by atoms with Crippen LogP contribution in [0.5, 0.6) is 0 Å². The van der Waals surface area contributed by atoms with Crippen LogP contribution in [0.1, 0.15) is 37.7 Å². The summed E-state index contributed by atoms with van der Waals surface area (Å²) in [7, 11) is -0.163. The second-order valence-electron chi connectivity index (χ2n) is 7.81. The van der Waals surface area contributed by atoms with Crippen molar-refractivity contribution in [1.82, 2.24) is 14.2 Å². The summed E-state index contributed by atoms with van der Waals surface area (Å²) in [6.45, 7) is 0.470. The highest BCUT2D eigenvalue weighted by atomic mass is 35.5. The SMILES string of the molecule is CN(Cc1cccc(Cl)c1)C(=O)CSc1ccc(S(=O)(=O)N(C)C2CCCCC2)cn1. The van der Waals surface area contributed by atoms with Crippen molar-refractivity contribution in [3.05, 3.63) is 53.2 Å². The number of benzene rings is 1. The first-order valence-corrected chi connectivity index (χ1v) is 13.1. The number of halogens is 1. The largest absolute Gasteiger partial charge is 0.341 e. The van der Waals surface area contributed by atoms with Crippen LogP contribution in [0, 0.1) is 0 Å². The summed E-state index contributed by atoms with van der Waals surface area (Å²) in [6.07, 6.45) is 6.50. The van der Waals surface area contributed by atoms with Crippen LogP contribution < -0.4 is 0 Å². The van der Waals surface area contributed by atoms with Gasteiger partial charge in [0.05, 0.1) is 10.8 Å². The monoisotopic (exact) mass is 481 g/mol. The summed E-state index contributed by atoms with van der Waals surface area (Å²) in [5.41, 5.74) is 0.961. The summed E-state index contributed by atoms with van der Waals surface area (Å²) in [5.74, 6) is 0.179. The van der Waals surface area contributed by atoms with Crippen LogP contribution in [0.25, 0.3) is 0 Å². The molecule has 6 nitrogen and oxygen atoms in total. The van der Waals surface area contributed by atoms with E-state index < -0.39 is 10.0 Å². The molecule has 0 unspecified atom stereocenters. The molecule has 31 heavy (non-hydrogen) atoms. The van der Waals surface area contributed by atoms with Gasteiger partial charge in [0.15, 0.2) is 0 Å². The highest BCUT2D eigenvalue weighted by molar-refractivity contribution is 7.99. The lowest BCUT2D eigenvalue weighted by molar-refractivity contribution is -0.127. The van der Waals surface area contributed by atoms with Crippen LogP contribution in [0.4, 0.5) is 0 Å². The minimum Gasteiger partial charge on any atom is -0.341 e. The Morgan fingerprint density at radius 3 is 2.55 bits per heavy atom. The summed E-state index contributed by atoms with van der Waals surface area (Å²) >= 11 is 7.29. The molecule has 0 aliphatic heterocycles. The van der Waals surface area contributed by atoms with Crippen LogP contribution in [0.3, 0.4) is 0 Å². The molecule has 1 saturated carbocycles. The van der Waals surface area contributed by atoms with Crippen molar-refractivity contribution in [2.24, 2.45) is 0 Å². The zero-order valence-electron chi connectivity index (χ0n) is 17.8. The van der Waals surface area contributed by atoms with Gasteiger partial charge in [-0.25, -0.2) is 13.4 Å². The number of sulfonamides is 1. The van der Waals surface area contributed by atoms with Gasteiger partial charge in [0.25, 0.3) is 0 Å². The van der Waals surface area contributed by atoms with Gasteiger partial charge in [-0.2, -0.15) is 4.31 Å². The van der Waals surface area contributed by atoms with Gasteiger partial charge in [0.1, 0.15) is 4.90 Å².